The number of fused-ring (bicyclic) bond motifs is 4. The Morgan fingerprint density at radius 1 is 0.887 bits per heavy atom. The van der Waals surface area contributed by atoms with Gasteiger partial charge in [-0.25, -0.2) is 9.59 Å². The number of carbonyl (C=O) groups is 6. The summed E-state index contributed by atoms with van der Waals surface area (Å²) in [6, 6.07) is 11.1. The number of rotatable bonds is 9. The number of pyridine rings is 1. The fraction of sp³-hybridized carbons (Fsp3) is 0.575. The molecular formula is C40H47NO12. The van der Waals surface area contributed by atoms with Crippen molar-refractivity contribution >= 4 is 35.6 Å². The van der Waals surface area contributed by atoms with Crippen LogP contribution in [0.5, 0.6) is 0 Å². The van der Waals surface area contributed by atoms with Crippen LogP contribution in [-0.2, 0) is 42.9 Å². The highest BCUT2D eigenvalue weighted by atomic mass is 16.6. The van der Waals surface area contributed by atoms with Gasteiger partial charge in [-0.3, -0.25) is 24.2 Å². The summed E-state index contributed by atoms with van der Waals surface area (Å²) in [6.45, 7) is 10.4. The normalized spacial score (nSPS) is 36.3. The molecule has 6 rings (SSSR count). The molecule has 1 aromatic heterocycles. The van der Waals surface area contributed by atoms with Crippen LogP contribution in [0.3, 0.4) is 0 Å². The molecule has 4 aliphatic carbocycles. The lowest BCUT2D eigenvalue weighted by Gasteiger charge is -2.55. The van der Waals surface area contributed by atoms with Gasteiger partial charge in [0, 0.05) is 38.6 Å². The molecule has 53 heavy (non-hydrogen) atoms. The highest BCUT2D eigenvalue weighted by Gasteiger charge is 2.84. The van der Waals surface area contributed by atoms with E-state index in [-0.39, 0.29) is 36.3 Å². The van der Waals surface area contributed by atoms with Crippen molar-refractivity contribution in [3.8, 4) is 0 Å². The van der Waals surface area contributed by atoms with E-state index >= 15 is 4.79 Å². The fourth-order valence-corrected chi connectivity index (χ4v) is 10.2. The molecule has 0 amide bonds. The average Bonchev–Trinajstić information content (AvgIpc) is 3.56. The van der Waals surface area contributed by atoms with Crippen LogP contribution in [-0.4, -0.2) is 81.8 Å². The number of carbonyl (C=O) groups excluding carboxylic acids is 6. The van der Waals surface area contributed by atoms with Crippen molar-refractivity contribution in [2.75, 3.05) is 6.61 Å². The van der Waals surface area contributed by atoms with Crippen LogP contribution in [0, 0.1) is 40.4 Å². The molecule has 2 aromatic rings. The van der Waals surface area contributed by atoms with Gasteiger partial charge in [0.2, 0.25) is 5.78 Å². The molecule has 0 radical (unpaired) electrons. The first-order chi connectivity index (χ1) is 24.9. The van der Waals surface area contributed by atoms with Crippen LogP contribution < -0.4 is 0 Å². The number of hydrogen-bond acceptors (Lipinski definition) is 13. The van der Waals surface area contributed by atoms with Gasteiger partial charge in [0.25, 0.3) is 0 Å². The minimum absolute atomic E-state index is 0.0353. The van der Waals surface area contributed by atoms with Crippen LogP contribution in [0.25, 0.3) is 0 Å². The van der Waals surface area contributed by atoms with E-state index in [1.54, 1.807) is 38.1 Å². The molecule has 1 N–H and O–H groups in total. The summed E-state index contributed by atoms with van der Waals surface area (Å²) in [5.74, 6) is -8.65. The number of Topliss-reactive ketones (excluding diaryl/α,β-unsaturated/α-hetero) is 1. The van der Waals surface area contributed by atoms with Crippen LogP contribution in [0.2, 0.25) is 0 Å². The molecule has 0 unspecified atom stereocenters. The predicted octanol–water partition coefficient (Wildman–Crippen LogP) is 4.29. The van der Waals surface area contributed by atoms with E-state index in [1.165, 1.54) is 44.4 Å². The zero-order valence-corrected chi connectivity index (χ0v) is 31.0. The molecule has 4 saturated carbocycles. The smallest absolute Gasteiger partial charge is 0.339 e. The average molecular weight is 734 g/mol. The molecule has 0 spiro atoms. The molecule has 284 valence electrons. The number of hydrogen-bond donors (Lipinski definition) is 1. The van der Waals surface area contributed by atoms with Gasteiger partial charge < -0.3 is 28.8 Å². The summed E-state index contributed by atoms with van der Waals surface area (Å²) in [4.78, 5) is 86.8. The molecule has 11 atom stereocenters. The Morgan fingerprint density at radius 3 is 2.17 bits per heavy atom. The number of aromatic nitrogens is 1. The Bertz CT molecular complexity index is 1800. The van der Waals surface area contributed by atoms with Gasteiger partial charge in [-0.1, -0.05) is 45.9 Å². The first kappa shape index (κ1) is 38.1. The van der Waals surface area contributed by atoms with E-state index < -0.39 is 106 Å². The molecule has 4 fully saturated rings. The Hall–Kier alpha value is -4.65. The first-order valence-corrected chi connectivity index (χ1v) is 18.1. The number of ether oxygens (including phenoxy) is 5. The summed E-state index contributed by atoms with van der Waals surface area (Å²) >= 11 is 0. The molecule has 0 bridgehead atoms. The largest absolute Gasteiger partial charge is 0.462 e. The maximum absolute atomic E-state index is 15.4. The van der Waals surface area contributed by atoms with E-state index in [4.69, 9.17) is 23.7 Å². The second kappa shape index (κ2) is 13.6. The SMILES string of the molecule is CCC(=O)O[C@@H]1[C@@H]2[C@@H](OC(=O)c3ccccc3)[C@@]3(COC(=O)c4cccnc4)[C@@H]([C@@H]4[C@H](C[C@H]3OC(C)=O)C4(C)C)[C@](C)(OC(C)=O)C(=O)[C@@]2(O)C[C@@H]1C. The zero-order valence-electron chi connectivity index (χ0n) is 31.0. The molecule has 13 nitrogen and oxygen atoms in total. The molecule has 0 aliphatic heterocycles. The fourth-order valence-electron chi connectivity index (χ4n) is 10.2. The Labute approximate surface area is 308 Å². The number of benzene rings is 1. The van der Waals surface area contributed by atoms with Crippen LogP contribution in [0.4, 0.5) is 0 Å². The molecule has 1 heterocycles. The van der Waals surface area contributed by atoms with E-state index in [0.29, 0.717) is 0 Å². The Balaban J connectivity index is 1.69. The van der Waals surface area contributed by atoms with Crippen LogP contribution >= 0.6 is 0 Å². The molecular weight excluding hydrogens is 686 g/mol. The molecule has 13 heteroatoms. The minimum Gasteiger partial charge on any atom is -0.462 e. The second-order valence-corrected chi connectivity index (χ2v) is 15.9. The van der Waals surface area contributed by atoms with Gasteiger partial charge in [-0.15, -0.1) is 0 Å². The Kier molecular flexibility index (Phi) is 9.80. The van der Waals surface area contributed by atoms with Crippen molar-refractivity contribution in [1.29, 1.82) is 0 Å². The lowest BCUT2D eigenvalue weighted by atomic mass is 9.55. The lowest BCUT2D eigenvalue weighted by molar-refractivity contribution is -0.228. The molecule has 1 aromatic carbocycles. The maximum Gasteiger partial charge on any atom is 0.339 e. The topological polar surface area (TPSA) is 182 Å². The monoisotopic (exact) mass is 733 g/mol. The van der Waals surface area contributed by atoms with Crippen molar-refractivity contribution in [3.05, 3.63) is 66.0 Å². The lowest BCUT2D eigenvalue weighted by Crippen LogP contribution is -2.66. The quantitative estimate of drug-likeness (QED) is 0.285. The first-order valence-electron chi connectivity index (χ1n) is 18.1. The van der Waals surface area contributed by atoms with Crippen molar-refractivity contribution in [2.45, 2.75) is 97.2 Å². The van der Waals surface area contributed by atoms with Gasteiger partial charge in [0.05, 0.1) is 22.5 Å². The van der Waals surface area contributed by atoms with Gasteiger partial charge in [0.15, 0.2) is 5.60 Å². The van der Waals surface area contributed by atoms with Crippen molar-refractivity contribution in [3.63, 3.8) is 0 Å². The minimum atomic E-state index is -2.41. The van der Waals surface area contributed by atoms with Gasteiger partial charge >= 0.3 is 29.8 Å². The van der Waals surface area contributed by atoms with Gasteiger partial charge in [-0.05, 0) is 67.2 Å². The van der Waals surface area contributed by atoms with Crippen LogP contribution in [0.15, 0.2) is 54.9 Å². The van der Waals surface area contributed by atoms with Crippen molar-refractivity contribution in [1.82, 2.24) is 4.98 Å². The molecule has 0 saturated heterocycles. The van der Waals surface area contributed by atoms with Gasteiger partial charge in [-0.2, -0.15) is 0 Å². The van der Waals surface area contributed by atoms with E-state index in [1.807, 2.05) is 13.8 Å². The van der Waals surface area contributed by atoms with E-state index in [9.17, 15) is 29.1 Å². The third-order valence-corrected chi connectivity index (χ3v) is 12.4. The van der Waals surface area contributed by atoms with Crippen LogP contribution in [0.1, 0.15) is 88.4 Å². The van der Waals surface area contributed by atoms with E-state index in [2.05, 4.69) is 4.98 Å². The van der Waals surface area contributed by atoms with Gasteiger partial charge in [0.1, 0.15) is 30.5 Å². The van der Waals surface area contributed by atoms with Crippen molar-refractivity contribution < 1.29 is 57.6 Å². The summed E-state index contributed by atoms with van der Waals surface area (Å²) in [7, 11) is 0. The van der Waals surface area contributed by atoms with E-state index in [0.717, 1.165) is 6.92 Å². The number of nitrogens with zero attached hydrogens (tertiary/aromatic N) is 1. The summed E-state index contributed by atoms with van der Waals surface area (Å²) in [6.07, 6.45) is -1.33. The number of esters is 5. The molecule has 4 aliphatic rings. The number of aliphatic hydroxyl groups is 1. The predicted molar refractivity (Wildman–Crippen MR) is 185 cm³/mol. The third kappa shape index (κ3) is 6.20. The standard InChI is InChI=1S/C40H47NO12/c1-8-28(44)51-31-21(2)18-40(48)30(31)33(52-35(46)24-13-10-9-11-14-24)39(20-49-34(45)25-15-12-16-41-19-25)27(50-22(3)42)17-26-29(37(26,5)6)32(39)38(7,36(40)47)53-23(4)43/h9-16,19,21,26-27,29-33,48H,8,17-18,20H2,1-7H3/t21-,26-,27+,29-,30+,31-,32-,33+,38-,39+,40+/m0/s1. The highest BCUT2D eigenvalue weighted by molar-refractivity contribution is 5.98. The van der Waals surface area contributed by atoms with Crippen molar-refractivity contribution in [2.24, 2.45) is 40.4 Å². The maximum atomic E-state index is 15.4. The summed E-state index contributed by atoms with van der Waals surface area (Å²) < 4.78 is 31.0. The zero-order chi connectivity index (χ0) is 38.7. The summed E-state index contributed by atoms with van der Waals surface area (Å²) in [5, 5.41) is 13.0. The second-order valence-electron chi connectivity index (χ2n) is 15.9. The third-order valence-electron chi connectivity index (χ3n) is 12.4. The summed E-state index contributed by atoms with van der Waals surface area (Å²) in [5.41, 5.74) is -6.73. The number of ketones is 1. The Morgan fingerprint density at radius 2 is 1.57 bits per heavy atom. The highest BCUT2D eigenvalue weighted by Crippen LogP contribution is 2.76.